The first-order valence-corrected chi connectivity index (χ1v) is 6.20. The Morgan fingerprint density at radius 3 is 2.58 bits per heavy atom. The molecule has 0 aliphatic carbocycles. The molecule has 2 aromatic rings. The van der Waals surface area contributed by atoms with Crippen molar-refractivity contribution in [3.63, 3.8) is 0 Å². The smallest absolute Gasteiger partial charge is 0.336 e. The van der Waals surface area contributed by atoms with Crippen LogP contribution in [0.3, 0.4) is 0 Å². The van der Waals surface area contributed by atoms with E-state index in [2.05, 4.69) is 27.6 Å². The second-order valence-electron chi connectivity index (χ2n) is 4.78. The van der Waals surface area contributed by atoms with Crippen molar-refractivity contribution in [3.8, 4) is 6.07 Å². The minimum absolute atomic E-state index is 0.749. The van der Waals surface area contributed by atoms with Gasteiger partial charge in [0, 0.05) is 23.9 Å². The van der Waals surface area contributed by atoms with Crippen molar-refractivity contribution < 1.29 is 0 Å². The molecule has 0 bridgehead atoms. The van der Waals surface area contributed by atoms with E-state index in [1.165, 1.54) is 11.1 Å². The number of hydrogen-bond donors (Lipinski definition) is 0. The lowest BCUT2D eigenvalue weighted by Crippen LogP contribution is -2.07. The van der Waals surface area contributed by atoms with Crippen molar-refractivity contribution in [2.24, 2.45) is 0 Å². The van der Waals surface area contributed by atoms with E-state index in [0.717, 1.165) is 29.1 Å². The van der Waals surface area contributed by atoms with Gasteiger partial charge >= 0.3 is 6.07 Å². The lowest BCUT2D eigenvalue weighted by Gasteiger charge is -2.14. The van der Waals surface area contributed by atoms with Crippen LogP contribution >= 0.6 is 0 Å². The maximum absolute atomic E-state index is 10.4. The first kappa shape index (κ1) is 13.2. The van der Waals surface area contributed by atoms with Crippen molar-refractivity contribution in [2.75, 3.05) is 0 Å². The Morgan fingerprint density at radius 2 is 2.00 bits per heavy atom. The second kappa shape index (κ2) is 5.15. The average Bonchev–Trinajstić information content (AvgIpc) is 2.77. The fourth-order valence-electron chi connectivity index (χ4n) is 2.26. The summed E-state index contributed by atoms with van der Waals surface area (Å²) < 4.78 is 2.09. The molecule has 1 heterocycles. The number of hydrogen-bond acceptors (Lipinski definition) is 2. The maximum Gasteiger partial charge on any atom is 0.336 e. The first-order valence-electron chi connectivity index (χ1n) is 6.20. The summed E-state index contributed by atoms with van der Waals surface area (Å²) in [6.07, 6.45) is 3.75. The van der Waals surface area contributed by atoms with Crippen LogP contribution in [0.25, 0.3) is 5.01 Å². The topological polar surface area (TPSA) is 45.2 Å². The van der Waals surface area contributed by atoms with Crippen molar-refractivity contribution in [3.05, 3.63) is 62.3 Å². The molecule has 19 heavy (non-hydrogen) atoms. The van der Waals surface area contributed by atoms with Gasteiger partial charge in [0.2, 0.25) is 0 Å². The van der Waals surface area contributed by atoms with Gasteiger partial charge in [-0.25, -0.2) is 4.98 Å². The van der Waals surface area contributed by atoms with Crippen molar-refractivity contribution in [1.29, 1.82) is 0 Å². The quantitative estimate of drug-likeness (QED) is 0.772. The third-order valence-corrected chi connectivity index (χ3v) is 3.68. The number of nitrogens with zero attached hydrogens (tertiary/aromatic N) is 3. The largest absolute Gasteiger partial charge is 0.498 e. The van der Waals surface area contributed by atoms with Gasteiger partial charge in [0.1, 0.15) is 11.4 Å². The molecule has 0 spiro atoms. The zero-order valence-corrected chi connectivity index (χ0v) is 11.7. The molecule has 0 saturated carbocycles. The predicted octanol–water partition coefficient (Wildman–Crippen LogP) is 3.34. The third-order valence-electron chi connectivity index (χ3n) is 3.68. The molecule has 0 radical (unpaired) electrons. The van der Waals surface area contributed by atoms with Crippen LogP contribution in [-0.4, -0.2) is 9.55 Å². The highest BCUT2D eigenvalue weighted by Gasteiger charge is 2.13. The highest BCUT2D eigenvalue weighted by Crippen LogP contribution is 2.23. The third kappa shape index (κ3) is 2.45. The molecule has 0 amide bonds. The molecule has 0 saturated heterocycles. The van der Waals surface area contributed by atoms with Crippen LogP contribution in [0.2, 0.25) is 0 Å². The highest BCUT2D eigenvalue weighted by molar-refractivity contribution is 5.50. The molecule has 0 fully saturated rings. The van der Waals surface area contributed by atoms with E-state index in [4.69, 9.17) is 0 Å². The van der Waals surface area contributed by atoms with E-state index in [1.807, 2.05) is 33.0 Å². The first-order chi connectivity index (χ1) is 9.04. The van der Waals surface area contributed by atoms with Crippen LogP contribution in [0.5, 0.6) is 0 Å². The predicted molar refractivity (Wildman–Crippen MR) is 76.4 cm³/mol. The molecule has 2 rings (SSSR count). The normalized spacial score (nSPS) is 10.1. The van der Waals surface area contributed by atoms with E-state index < -0.39 is 0 Å². The van der Waals surface area contributed by atoms with Crippen molar-refractivity contribution >= 4 is 0 Å². The number of benzene rings is 1. The van der Waals surface area contributed by atoms with Gasteiger partial charge in [0.05, 0.1) is 0 Å². The van der Waals surface area contributed by atoms with E-state index in [9.17, 15) is 5.21 Å². The van der Waals surface area contributed by atoms with Crippen LogP contribution in [0.15, 0.2) is 18.5 Å². The minimum Gasteiger partial charge on any atom is -0.498 e. The monoisotopic (exact) mass is 255 g/mol. The molecule has 0 aliphatic heterocycles. The Kier molecular flexibility index (Phi) is 3.57. The van der Waals surface area contributed by atoms with Gasteiger partial charge in [-0.2, -0.15) is 0 Å². The molecular weight excluding hydrogens is 238 g/mol. The van der Waals surface area contributed by atoms with Gasteiger partial charge in [-0.15, -0.1) is 0 Å². The van der Waals surface area contributed by atoms with Gasteiger partial charge in [0.15, 0.2) is 0 Å². The Labute approximate surface area is 113 Å². The molecule has 0 N–H and O–H groups in total. The van der Waals surface area contributed by atoms with E-state index in [0.29, 0.717) is 0 Å². The standard InChI is InChI=1S/C15H17N3O/c1-10-7-14(8-17-19)12(3)15(11(10)2)9-18-6-5-16-13(18)4/h5-7H,9H2,1-4H3. The summed E-state index contributed by atoms with van der Waals surface area (Å²) >= 11 is 0. The maximum atomic E-state index is 10.4. The SMILES string of the molecule is Cc1cc(C#[N+][O-])c(C)c(Cn2ccnc2C)c1C. The average molecular weight is 255 g/mol. The van der Waals surface area contributed by atoms with Crippen molar-refractivity contribution in [1.82, 2.24) is 9.55 Å². The minimum atomic E-state index is 0.749. The summed E-state index contributed by atoms with van der Waals surface area (Å²) in [5.41, 5.74) is 5.40. The number of imidazole rings is 1. The van der Waals surface area contributed by atoms with E-state index in [-0.39, 0.29) is 0 Å². The summed E-state index contributed by atoms with van der Waals surface area (Å²) in [6.45, 7) is 8.87. The van der Waals surface area contributed by atoms with Crippen LogP contribution in [0.1, 0.15) is 33.6 Å². The molecule has 0 unspecified atom stereocenters. The van der Waals surface area contributed by atoms with Crippen LogP contribution in [0.4, 0.5) is 0 Å². The summed E-state index contributed by atoms with van der Waals surface area (Å²) in [5, 5.41) is 13.2. The lowest BCUT2D eigenvalue weighted by molar-refractivity contribution is 0.752. The molecule has 1 aromatic heterocycles. The number of aryl methyl sites for hydroxylation is 2. The van der Waals surface area contributed by atoms with Crippen LogP contribution in [0, 0.1) is 39.0 Å². The van der Waals surface area contributed by atoms with Crippen LogP contribution in [-0.2, 0) is 6.54 Å². The Balaban J connectivity index is 2.55. The number of rotatable bonds is 2. The summed E-state index contributed by atoms with van der Waals surface area (Å²) in [5.74, 6) is 0.975. The fraction of sp³-hybridized carbons (Fsp3) is 0.333. The highest BCUT2D eigenvalue weighted by atomic mass is 16.4. The van der Waals surface area contributed by atoms with Gasteiger partial charge in [-0.05, 0) is 56.0 Å². The molecule has 1 aromatic carbocycles. The molecule has 0 atom stereocenters. The van der Waals surface area contributed by atoms with E-state index in [1.54, 1.807) is 6.20 Å². The van der Waals surface area contributed by atoms with Gasteiger partial charge < -0.3 is 9.77 Å². The Morgan fingerprint density at radius 1 is 1.26 bits per heavy atom. The summed E-state index contributed by atoms with van der Waals surface area (Å²) in [6, 6.07) is 4.48. The lowest BCUT2D eigenvalue weighted by atomic mass is 9.94. The van der Waals surface area contributed by atoms with Crippen LogP contribution < -0.4 is 0 Å². The van der Waals surface area contributed by atoms with Gasteiger partial charge in [-0.3, -0.25) is 0 Å². The molecule has 0 aliphatic rings. The summed E-state index contributed by atoms with van der Waals surface area (Å²) in [4.78, 5) is 4.23. The van der Waals surface area contributed by atoms with Crippen molar-refractivity contribution in [2.45, 2.75) is 34.2 Å². The molecular formula is C15H17N3O. The Bertz CT molecular complexity index is 675. The molecule has 4 nitrogen and oxygen atoms in total. The zero-order chi connectivity index (χ0) is 14.0. The van der Waals surface area contributed by atoms with E-state index >= 15 is 0 Å². The summed E-state index contributed by atoms with van der Waals surface area (Å²) in [7, 11) is 0. The van der Waals surface area contributed by atoms with Gasteiger partial charge in [-0.1, -0.05) is 0 Å². The molecule has 4 heteroatoms. The zero-order valence-electron chi connectivity index (χ0n) is 11.7. The second-order valence-corrected chi connectivity index (χ2v) is 4.78. The molecule has 98 valence electrons. The fourth-order valence-corrected chi connectivity index (χ4v) is 2.26. The number of aromatic nitrogens is 2. The Hall–Kier alpha value is -2.28. The van der Waals surface area contributed by atoms with Gasteiger partial charge in [0.25, 0.3) is 0 Å².